The molecule has 0 bridgehead atoms. The number of nitrogens with one attached hydrogen (secondary N) is 1. The van der Waals surface area contributed by atoms with Gasteiger partial charge in [-0.25, -0.2) is 4.79 Å². The van der Waals surface area contributed by atoms with Crippen LogP contribution in [0.1, 0.15) is 26.2 Å². The number of carboxylic acids is 1. The van der Waals surface area contributed by atoms with Crippen molar-refractivity contribution >= 4 is 12.0 Å². The van der Waals surface area contributed by atoms with E-state index in [1.807, 2.05) is 6.92 Å². The molecule has 0 aromatic carbocycles. The molecule has 1 aliphatic heterocycles. The standard InChI is InChI=1S/C12H20N2O3/c1-3-5-10(4-2)13-12(17)14-7-6-9(8-14)11(15)16/h3,9-10H,1,4-8H2,2H3,(H,13,17)(H,15,16). The summed E-state index contributed by atoms with van der Waals surface area (Å²) < 4.78 is 0. The molecule has 0 saturated carbocycles. The zero-order valence-corrected chi connectivity index (χ0v) is 10.2. The molecule has 0 spiro atoms. The van der Waals surface area contributed by atoms with Crippen LogP contribution in [0.3, 0.4) is 0 Å². The molecule has 2 unspecified atom stereocenters. The lowest BCUT2D eigenvalue weighted by atomic mass is 10.1. The van der Waals surface area contributed by atoms with E-state index in [9.17, 15) is 9.59 Å². The normalized spacial score (nSPS) is 21.0. The van der Waals surface area contributed by atoms with E-state index in [0.29, 0.717) is 19.5 Å². The maximum absolute atomic E-state index is 11.8. The minimum absolute atomic E-state index is 0.0869. The number of nitrogens with zero attached hydrogens (tertiary/aromatic N) is 1. The third-order valence-electron chi connectivity index (χ3n) is 3.10. The summed E-state index contributed by atoms with van der Waals surface area (Å²) in [4.78, 5) is 24.2. The van der Waals surface area contributed by atoms with Crippen molar-refractivity contribution in [2.75, 3.05) is 13.1 Å². The molecular formula is C12H20N2O3. The summed E-state index contributed by atoms with van der Waals surface area (Å²) >= 11 is 0. The number of amides is 2. The summed E-state index contributed by atoms with van der Waals surface area (Å²) in [5.74, 6) is -1.24. The van der Waals surface area contributed by atoms with E-state index in [4.69, 9.17) is 5.11 Å². The maximum Gasteiger partial charge on any atom is 0.317 e. The summed E-state index contributed by atoms with van der Waals surface area (Å²) in [7, 11) is 0. The zero-order chi connectivity index (χ0) is 12.8. The number of urea groups is 1. The monoisotopic (exact) mass is 240 g/mol. The molecule has 0 aromatic heterocycles. The fourth-order valence-corrected chi connectivity index (χ4v) is 1.94. The molecule has 1 saturated heterocycles. The largest absolute Gasteiger partial charge is 0.481 e. The highest BCUT2D eigenvalue weighted by atomic mass is 16.4. The SMILES string of the molecule is C=CCC(CC)NC(=O)N1CCC(C(=O)O)C1. The molecule has 1 aliphatic rings. The van der Waals surface area contributed by atoms with Gasteiger partial charge in [0.2, 0.25) is 0 Å². The Hall–Kier alpha value is -1.52. The molecule has 0 aromatic rings. The van der Waals surface area contributed by atoms with E-state index in [1.54, 1.807) is 11.0 Å². The molecule has 0 radical (unpaired) electrons. The van der Waals surface area contributed by atoms with Gasteiger partial charge in [0.05, 0.1) is 5.92 Å². The van der Waals surface area contributed by atoms with E-state index in [1.165, 1.54) is 0 Å². The topological polar surface area (TPSA) is 69.6 Å². The lowest BCUT2D eigenvalue weighted by Crippen LogP contribution is -2.43. The summed E-state index contributed by atoms with van der Waals surface area (Å²) in [6.45, 7) is 6.48. The Morgan fingerprint density at radius 2 is 2.35 bits per heavy atom. The second-order valence-corrected chi connectivity index (χ2v) is 4.35. The fraction of sp³-hybridized carbons (Fsp3) is 0.667. The number of carbonyl (C=O) groups excluding carboxylic acids is 1. The minimum atomic E-state index is -0.821. The average Bonchev–Trinajstić information content (AvgIpc) is 2.77. The molecule has 1 rings (SSSR count). The van der Waals surface area contributed by atoms with Crippen LogP contribution in [0.2, 0.25) is 0 Å². The molecule has 1 heterocycles. The van der Waals surface area contributed by atoms with Gasteiger partial charge in [-0.1, -0.05) is 13.0 Å². The van der Waals surface area contributed by atoms with Gasteiger partial charge in [0.25, 0.3) is 0 Å². The number of aliphatic carboxylic acids is 1. The van der Waals surface area contributed by atoms with Gasteiger partial charge in [-0.15, -0.1) is 6.58 Å². The van der Waals surface area contributed by atoms with Crippen molar-refractivity contribution < 1.29 is 14.7 Å². The van der Waals surface area contributed by atoms with Gasteiger partial charge < -0.3 is 15.3 Å². The first-order chi connectivity index (χ1) is 8.08. The van der Waals surface area contributed by atoms with Gasteiger partial charge in [-0.3, -0.25) is 4.79 Å². The third-order valence-corrected chi connectivity index (χ3v) is 3.10. The predicted molar refractivity (Wildman–Crippen MR) is 64.7 cm³/mol. The fourth-order valence-electron chi connectivity index (χ4n) is 1.94. The Bertz CT molecular complexity index is 304. The van der Waals surface area contributed by atoms with E-state index < -0.39 is 11.9 Å². The van der Waals surface area contributed by atoms with Crippen LogP contribution >= 0.6 is 0 Å². The Balaban J connectivity index is 2.43. The number of carbonyl (C=O) groups is 2. The molecule has 5 nitrogen and oxygen atoms in total. The van der Waals surface area contributed by atoms with Gasteiger partial charge in [-0.05, 0) is 19.3 Å². The molecule has 0 aliphatic carbocycles. The molecular weight excluding hydrogens is 220 g/mol. The second-order valence-electron chi connectivity index (χ2n) is 4.35. The van der Waals surface area contributed by atoms with Crippen LogP contribution in [-0.4, -0.2) is 41.1 Å². The summed E-state index contributed by atoms with van der Waals surface area (Å²) in [5, 5.41) is 11.7. The Kier molecular flexibility index (Phi) is 5.00. The minimum Gasteiger partial charge on any atom is -0.481 e. The molecule has 5 heteroatoms. The third kappa shape index (κ3) is 3.76. The van der Waals surface area contributed by atoms with Crippen molar-refractivity contribution in [1.82, 2.24) is 10.2 Å². The molecule has 2 amide bonds. The van der Waals surface area contributed by atoms with Crippen molar-refractivity contribution in [2.45, 2.75) is 32.2 Å². The van der Waals surface area contributed by atoms with Gasteiger partial charge in [0.1, 0.15) is 0 Å². The molecule has 96 valence electrons. The average molecular weight is 240 g/mol. The zero-order valence-electron chi connectivity index (χ0n) is 10.2. The first-order valence-electron chi connectivity index (χ1n) is 5.97. The first kappa shape index (κ1) is 13.5. The smallest absolute Gasteiger partial charge is 0.317 e. The lowest BCUT2D eigenvalue weighted by Gasteiger charge is -2.21. The highest BCUT2D eigenvalue weighted by Gasteiger charge is 2.31. The van der Waals surface area contributed by atoms with Gasteiger partial charge in [-0.2, -0.15) is 0 Å². The highest BCUT2D eigenvalue weighted by Crippen LogP contribution is 2.16. The maximum atomic E-state index is 11.8. The Labute approximate surface area is 101 Å². The predicted octanol–water partition coefficient (Wildman–Crippen LogP) is 1.46. The second kappa shape index (κ2) is 6.27. The van der Waals surface area contributed by atoms with Crippen molar-refractivity contribution in [3.8, 4) is 0 Å². The molecule has 2 N–H and O–H groups in total. The van der Waals surface area contributed by atoms with Gasteiger partial charge in [0.15, 0.2) is 0 Å². The Morgan fingerprint density at radius 1 is 1.65 bits per heavy atom. The van der Waals surface area contributed by atoms with E-state index in [-0.39, 0.29) is 12.1 Å². The first-order valence-corrected chi connectivity index (χ1v) is 5.97. The van der Waals surface area contributed by atoms with Crippen LogP contribution < -0.4 is 5.32 Å². The number of likely N-dealkylation sites (tertiary alicyclic amines) is 1. The summed E-state index contributed by atoms with van der Waals surface area (Å²) in [5.41, 5.74) is 0. The van der Waals surface area contributed by atoms with Crippen molar-refractivity contribution in [3.05, 3.63) is 12.7 Å². The number of carboxylic acid groups (broad SMARTS) is 1. The van der Waals surface area contributed by atoms with E-state index in [2.05, 4.69) is 11.9 Å². The Morgan fingerprint density at radius 3 is 2.82 bits per heavy atom. The van der Waals surface area contributed by atoms with Crippen molar-refractivity contribution in [3.63, 3.8) is 0 Å². The van der Waals surface area contributed by atoms with Crippen LogP contribution in [0.25, 0.3) is 0 Å². The quantitative estimate of drug-likeness (QED) is 0.715. The molecule has 2 atom stereocenters. The van der Waals surface area contributed by atoms with Crippen molar-refractivity contribution in [1.29, 1.82) is 0 Å². The lowest BCUT2D eigenvalue weighted by molar-refractivity contribution is -0.141. The van der Waals surface area contributed by atoms with Crippen LogP contribution in [-0.2, 0) is 4.79 Å². The number of rotatable bonds is 5. The molecule has 17 heavy (non-hydrogen) atoms. The molecule has 1 fully saturated rings. The van der Waals surface area contributed by atoms with Crippen LogP contribution in [0.5, 0.6) is 0 Å². The van der Waals surface area contributed by atoms with E-state index in [0.717, 1.165) is 12.8 Å². The van der Waals surface area contributed by atoms with Crippen molar-refractivity contribution in [2.24, 2.45) is 5.92 Å². The van der Waals surface area contributed by atoms with Gasteiger partial charge >= 0.3 is 12.0 Å². The summed E-state index contributed by atoms with van der Waals surface area (Å²) in [6, 6.07) is -0.0775. The van der Waals surface area contributed by atoms with Crippen LogP contribution in [0, 0.1) is 5.92 Å². The van der Waals surface area contributed by atoms with Crippen LogP contribution in [0.15, 0.2) is 12.7 Å². The van der Waals surface area contributed by atoms with Gasteiger partial charge in [0, 0.05) is 19.1 Å². The number of hydrogen-bond donors (Lipinski definition) is 2. The number of hydrogen-bond acceptors (Lipinski definition) is 2. The van der Waals surface area contributed by atoms with E-state index >= 15 is 0 Å². The highest BCUT2D eigenvalue weighted by molar-refractivity contribution is 5.77. The summed E-state index contributed by atoms with van der Waals surface area (Å²) in [6.07, 6.45) is 3.89. The van der Waals surface area contributed by atoms with Crippen LogP contribution in [0.4, 0.5) is 4.79 Å².